The van der Waals surface area contributed by atoms with Crippen molar-refractivity contribution < 1.29 is 28.6 Å². The van der Waals surface area contributed by atoms with E-state index < -0.39 is 42.0 Å². The van der Waals surface area contributed by atoms with E-state index in [1.807, 2.05) is 30.3 Å². The van der Waals surface area contributed by atoms with E-state index in [1.54, 1.807) is 20.8 Å². The smallest absolute Gasteiger partial charge is 0.408 e. The topological polar surface area (TPSA) is 117 Å². The van der Waals surface area contributed by atoms with Crippen LogP contribution in [0, 0.1) is 0 Å². The molecule has 2 amide bonds. The molecule has 1 unspecified atom stereocenters. The Kier molecular flexibility index (Phi) is 6.07. The number of nitrogens with two attached hydrogens (primary N) is 1. The number of carbonyl (C=O) groups excluding carboxylic acids is 3. The van der Waals surface area contributed by atoms with E-state index in [0.717, 1.165) is 5.56 Å². The van der Waals surface area contributed by atoms with Crippen LogP contribution in [-0.4, -0.2) is 42.0 Å². The van der Waals surface area contributed by atoms with Crippen LogP contribution in [-0.2, 0) is 25.4 Å². The summed E-state index contributed by atoms with van der Waals surface area (Å²) in [4.78, 5) is 35.1. The summed E-state index contributed by atoms with van der Waals surface area (Å²) in [6.07, 6.45) is -2.63. The number of nitrogens with one attached hydrogen (secondary N) is 1. The third-order valence-corrected chi connectivity index (χ3v) is 3.67. The third-order valence-electron chi connectivity index (χ3n) is 3.67. The average molecular weight is 364 g/mol. The van der Waals surface area contributed by atoms with Gasteiger partial charge in [-0.3, -0.25) is 0 Å². The summed E-state index contributed by atoms with van der Waals surface area (Å²) in [5.41, 5.74) is 5.36. The first-order chi connectivity index (χ1) is 12.1. The van der Waals surface area contributed by atoms with Crippen LogP contribution in [0.2, 0.25) is 0 Å². The Balaban J connectivity index is 2.02. The molecule has 0 saturated carbocycles. The molecular formula is C18H24N2O6. The monoisotopic (exact) mass is 364 g/mol. The first kappa shape index (κ1) is 19.6. The first-order valence-electron chi connectivity index (χ1n) is 8.34. The zero-order chi connectivity index (χ0) is 19.3. The van der Waals surface area contributed by atoms with Crippen molar-refractivity contribution in [2.24, 2.45) is 5.73 Å². The number of alkyl carbamates (subject to hydrolysis) is 1. The summed E-state index contributed by atoms with van der Waals surface area (Å²) in [7, 11) is 0. The first-order valence-corrected chi connectivity index (χ1v) is 8.34. The second-order valence-electron chi connectivity index (χ2n) is 7.07. The molecule has 1 heterocycles. The maximum Gasteiger partial charge on any atom is 0.408 e. The number of cyclic esters (lactones) is 1. The lowest BCUT2D eigenvalue weighted by Gasteiger charge is -2.22. The van der Waals surface area contributed by atoms with Gasteiger partial charge in [-0.2, -0.15) is 0 Å². The molecule has 1 aliphatic heterocycles. The van der Waals surface area contributed by atoms with Crippen molar-refractivity contribution in [3.63, 3.8) is 0 Å². The van der Waals surface area contributed by atoms with E-state index in [1.165, 1.54) is 0 Å². The van der Waals surface area contributed by atoms with Gasteiger partial charge in [-0.1, -0.05) is 30.3 Å². The summed E-state index contributed by atoms with van der Waals surface area (Å²) in [5, 5.41) is 2.48. The highest BCUT2D eigenvalue weighted by atomic mass is 16.6. The van der Waals surface area contributed by atoms with Gasteiger partial charge in [-0.05, 0) is 26.3 Å². The van der Waals surface area contributed by atoms with Gasteiger partial charge in [0.05, 0.1) is 0 Å². The van der Waals surface area contributed by atoms with Crippen LogP contribution in [0.25, 0.3) is 0 Å². The molecule has 0 spiro atoms. The zero-order valence-electron chi connectivity index (χ0n) is 15.1. The SMILES string of the molecule is CC(C)(C)OC(=O)N[C@H]1C[C@H](C(Cc2ccccc2)OC(N)=O)OC1=O. The molecule has 0 aliphatic carbocycles. The molecule has 3 atom stereocenters. The molecule has 8 nitrogen and oxygen atoms in total. The van der Waals surface area contributed by atoms with Crippen molar-refractivity contribution in [2.45, 2.75) is 57.5 Å². The number of benzene rings is 1. The maximum atomic E-state index is 12.1. The Bertz CT molecular complexity index is 655. The van der Waals surface area contributed by atoms with Crippen molar-refractivity contribution in [3.8, 4) is 0 Å². The van der Waals surface area contributed by atoms with Crippen LogP contribution in [0.5, 0.6) is 0 Å². The van der Waals surface area contributed by atoms with Crippen LogP contribution >= 0.6 is 0 Å². The van der Waals surface area contributed by atoms with Gasteiger partial charge in [0.15, 0.2) is 0 Å². The minimum Gasteiger partial charge on any atom is -0.457 e. The number of esters is 1. The fourth-order valence-corrected chi connectivity index (χ4v) is 2.65. The van der Waals surface area contributed by atoms with Crippen molar-refractivity contribution in [3.05, 3.63) is 35.9 Å². The van der Waals surface area contributed by atoms with E-state index in [-0.39, 0.29) is 6.42 Å². The number of carbonyl (C=O) groups is 3. The summed E-state index contributed by atoms with van der Waals surface area (Å²) < 4.78 is 15.6. The van der Waals surface area contributed by atoms with Crippen LogP contribution < -0.4 is 11.1 Å². The molecule has 0 bridgehead atoms. The second kappa shape index (κ2) is 8.07. The molecule has 1 fully saturated rings. The Morgan fingerprint density at radius 3 is 2.54 bits per heavy atom. The molecule has 2 rings (SSSR count). The molecule has 1 aliphatic rings. The Labute approximate surface area is 152 Å². The van der Waals surface area contributed by atoms with Gasteiger partial charge >= 0.3 is 18.2 Å². The molecule has 1 saturated heterocycles. The van der Waals surface area contributed by atoms with Gasteiger partial charge in [-0.25, -0.2) is 14.4 Å². The van der Waals surface area contributed by atoms with Crippen LogP contribution in [0.3, 0.4) is 0 Å². The largest absolute Gasteiger partial charge is 0.457 e. The molecule has 0 radical (unpaired) electrons. The molecule has 3 N–H and O–H groups in total. The predicted molar refractivity (Wildman–Crippen MR) is 92.3 cm³/mol. The molecule has 26 heavy (non-hydrogen) atoms. The number of primary amides is 1. The number of amides is 2. The summed E-state index contributed by atoms with van der Waals surface area (Å²) in [5.74, 6) is -0.605. The minimum atomic E-state index is -0.953. The quantitative estimate of drug-likeness (QED) is 0.609. The van der Waals surface area contributed by atoms with Crippen molar-refractivity contribution in [1.82, 2.24) is 5.32 Å². The standard InChI is InChI=1S/C18H24N2O6/c1-18(2,3)26-17(23)20-12-10-14(24-15(12)21)13(25-16(19)22)9-11-7-5-4-6-8-11/h4-8,12-14H,9-10H2,1-3H3,(H2,19,22)(H,20,23)/t12-,13?,14+/m0/s1. The van der Waals surface area contributed by atoms with Crippen LogP contribution in [0.15, 0.2) is 30.3 Å². The number of hydrogen-bond acceptors (Lipinski definition) is 6. The average Bonchev–Trinajstić information content (AvgIpc) is 2.86. The number of rotatable bonds is 5. The molecule has 1 aromatic carbocycles. The Morgan fingerprint density at radius 1 is 1.31 bits per heavy atom. The fraction of sp³-hybridized carbons (Fsp3) is 0.500. The normalized spacial score (nSPS) is 20.8. The second-order valence-corrected chi connectivity index (χ2v) is 7.07. The number of hydrogen-bond donors (Lipinski definition) is 2. The number of ether oxygens (including phenoxy) is 3. The minimum absolute atomic E-state index is 0.156. The third kappa shape index (κ3) is 5.94. The van der Waals surface area contributed by atoms with Crippen molar-refractivity contribution >= 4 is 18.2 Å². The zero-order valence-corrected chi connectivity index (χ0v) is 15.1. The van der Waals surface area contributed by atoms with Crippen molar-refractivity contribution in [1.29, 1.82) is 0 Å². The van der Waals surface area contributed by atoms with E-state index >= 15 is 0 Å². The highest BCUT2D eigenvalue weighted by molar-refractivity contribution is 5.83. The summed E-state index contributed by atoms with van der Waals surface area (Å²) in [6, 6.07) is 8.43. The van der Waals surface area contributed by atoms with Gasteiger partial charge in [-0.15, -0.1) is 0 Å². The van der Waals surface area contributed by atoms with Crippen molar-refractivity contribution in [2.75, 3.05) is 0 Å². The Hall–Kier alpha value is -2.77. The lowest BCUT2D eigenvalue weighted by atomic mass is 10.0. The highest BCUT2D eigenvalue weighted by Crippen LogP contribution is 2.23. The van der Waals surface area contributed by atoms with Crippen LogP contribution in [0.4, 0.5) is 9.59 Å². The van der Waals surface area contributed by atoms with Gasteiger partial charge in [0.1, 0.15) is 23.9 Å². The molecular weight excluding hydrogens is 340 g/mol. The summed E-state index contributed by atoms with van der Waals surface area (Å²) in [6.45, 7) is 5.16. The summed E-state index contributed by atoms with van der Waals surface area (Å²) >= 11 is 0. The van der Waals surface area contributed by atoms with Gasteiger partial charge < -0.3 is 25.3 Å². The lowest BCUT2D eigenvalue weighted by molar-refractivity contribution is -0.146. The highest BCUT2D eigenvalue weighted by Gasteiger charge is 2.41. The molecule has 1 aromatic rings. The van der Waals surface area contributed by atoms with Crippen LogP contribution in [0.1, 0.15) is 32.8 Å². The van der Waals surface area contributed by atoms with Gasteiger partial charge in [0.25, 0.3) is 0 Å². The lowest BCUT2D eigenvalue weighted by Crippen LogP contribution is -2.41. The fourth-order valence-electron chi connectivity index (χ4n) is 2.65. The Morgan fingerprint density at radius 2 is 1.96 bits per heavy atom. The molecule has 0 aromatic heterocycles. The van der Waals surface area contributed by atoms with E-state index in [2.05, 4.69) is 5.32 Å². The molecule has 142 valence electrons. The van der Waals surface area contributed by atoms with E-state index in [4.69, 9.17) is 19.9 Å². The van der Waals surface area contributed by atoms with Gasteiger partial charge in [0.2, 0.25) is 0 Å². The maximum absolute atomic E-state index is 12.1. The van der Waals surface area contributed by atoms with Gasteiger partial charge in [0, 0.05) is 12.8 Å². The van der Waals surface area contributed by atoms with E-state index in [0.29, 0.717) is 6.42 Å². The van der Waals surface area contributed by atoms with E-state index in [9.17, 15) is 14.4 Å². The predicted octanol–water partition coefficient (Wildman–Crippen LogP) is 1.90. The molecule has 8 heteroatoms.